The van der Waals surface area contributed by atoms with Gasteiger partial charge in [-0.05, 0) is 47.8 Å². The number of thiophene rings is 1. The van der Waals surface area contributed by atoms with E-state index >= 15 is 0 Å². The summed E-state index contributed by atoms with van der Waals surface area (Å²) in [5.41, 5.74) is 0.399. The second-order valence-corrected chi connectivity index (χ2v) is 8.94. The van der Waals surface area contributed by atoms with E-state index in [1.807, 2.05) is 0 Å². The number of carbonyl (C=O) groups excluding carboxylic acids is 1. The van der Waals surface area contributed by atoms with Crippen LogP contribution < -0.4 is 5.32 Å². The molecule has 0 radical (unpaired) electrons. The van der Waals surface area contributed by atoms with Crippen molar-refractivity contribution in [3.05, 3.63) is 76.5 Å². The van der Waals surface area contributed by atoms with E-state index in [0.29, 0.717) is 10.6 Å². The summed E-state index contributed by atoms with van der Waals surface area (Å²) in [6, 6.07) is 12.8. The van der Waals surface area contributed by atoms with Crippen molar-refractivity contribution in [2.45, 2.75) is 9.46 Å². The van der Waals surface area contributed by atoms with Crippen molar-refractivity contribution in [2.24, 2.45) is 0 Å². The Labute approximate surface area is 154 Å². The highest BCUT2D eigenvalue weighted by atomic mass is 35.5. The summed E-state index contributed by atoms with van der Waals surface area (Å²) in [6.45, 7) is -0.102. The summed E-state index contributed by atoms with van der Waals surface area (Å²) in [5.74, 6) is -0.0978. The van der Waals surface area contributed by atoms with Gasteiger partial charge >= 0.3 is 0 Å². The standard InChI is InChI=1S/C17H14ClNO4S2/c18-13-7-5-12(6-8-13)17(20)19-11-15(14-3-1-9-23-14)25(21,22)16-4-2-10-24-16/h1-10,15H,11H2,(H,19,20)/t15-/m0/s1. The monoisotopic (exact) mass is 395 g/mol. The first-order chi connectivity index (χ1) is 12.0. The Bertz CT molecular complexity index is 933. The van der Waals surface area contributed by atoms with Crippen molar-refractivity contribution in [3.8, 4) is 0 Å². The average molecular weight is 396 g/mol. The average Bonchev–Trinajstić information content (AvgIpc) is 3.29. The van der Waals surface area contributed by atoms with Crippen LogP contribution in [0.4, 0.5) is 0 Å². The third-order valence-corrected chi connectivity index (χ3v) is 7.31. The molecule has 0 spiro atoms. The molecule has 0 bridgehead atoms. The highest BCUT2D eigenvalue weighted by Crippen LogP contribution is 2.31. The molecule has 0 fully saturated rings. The van der Waals surface area contributed by atoms with Crippen LogP contribution in [0.15, 0.2) is 68.8 Å². The molecule has 0 aliphatic carbocycles. The van der Waals surface area contributed by atoms with E-state index in [1.54, 1.807) is 47.8 Å². The molecule has 3 rings (SSSR count). The zero-order valence-corrected chi connectivity index (χ0v) is 15.3. The van der Waals surface area contributed by atoms with Crippen LogP contribution in [0.3, 0.4) is 0 Å². The van der Waals surface area contributed by atoms with Crippen molar-refractivity contribution in [2.75, 3.05) is 6.54 Å². The number of halogens is 1. The molecule has 0 aliphatic rings. The van der Waals surface area contributed by atoms with Crippen LogP contribution in [0.1, 0.15) is 21.4 Å². The Morgan fingerprint density at radius 2 is 1.92 bits per heavy atom. The zero-order chi connectivity index (χ0) is 17.9. The number of hydrogen-bond donors (Lipinski definition) is 1. The van der Waals surface area contributed by atoms with Crippen LogP contribution in [-0.4, -0.2) is 20.9 Å². The highest BCUT2D eigenvalue weighted by molar-refractivity contribution is 7.93. The molecule has 3 aromatic rings. The lowest BCUT2D eigenvalue weighted by atomic mass is 10.2. The first-order valence-electron chi connectivity index (χ1n) is 7.33. The lowest BCUT2D eigenvalue weighted by molar-refractivity contribution is 0.0953. The number of carbonyl (C=O) groups is 1. The van der Waals surface area contributed by atoms with Gasteiger partial charge < -0.3 is 9.73 Å². The van der Waals surface area contributed by atoms with Gasteiger partial charge in [-0.1, -0.05) is 17.7 Å². The molecule has 25 heavy (non-hydrogen) atoms. The molecule has 0 aliphatic heterocycles. The van der Waals surface area contributed by atoms with E-state index in [9.17, 15) is 13.2 Å². The van der Waals surface area contributed by atoms with Crippen LogP contribution in [-0.2, 0) is 9.84 Å². The largest absolute Gasteiger partial charge is 0.468 e. The van der Waals surface area contributed by atoms with Gasteiger partial charge in [-0.2, -0.15) is 0 Å². The third kappa shape index (κ3) is 3.95. The summed E-state index contributed by atoms with van der Waals surface area (Å²) < 4.78 is 31.3. The summed E-state index contributed by atoms with van der Waals surface area (Å²) >= 11 is 6.94. The van der Waals surface area contributed by atoms with Gasteiger partial charge in [0.1, 0.15) is 15.2 Å². The SMILES string of the molecule is O=C(NC[C@@H](c1ccco1)S(=O)(=O)c1cccs1)c1ccc(Cl)cc1. The Hall–Kier alpha value is -2.09. The van der Waals surface area contributed by atoms with Crippen molar-refractivity contribution < 1.29 is 17.6 Å². The molecule has 1 amide bonds. The molecule has 2 heterocycles. The van der Waals surface area contributed by atoms with E-state index in [4.69, 9.17) is 16.0 Å². The lowest BCUT2D eigenvalue weighted by Crippen LogP contribution is -2.31. The maximum absolute atomic E-state index is 12.9. The second kappa shape index (κ2) is 7.43. The second-order valence-electron chi connectivity index (χ2n) is 5.20. The molecule has 0 unspecified atom stereocenters. The number of sulfone groups is 1. The molecular weight excluding hydrogens is 382 g/mol. The summed E-state index contributed by atoms with van der Waals surface area (Å²) in [5, 5.41) is 3.87. The summed E-state index contributed by atoms with van der Waals surface area (Å²) in [7, 11) is -3.68. The van der Waals surface area contributed by atoms with Crippen molar-refractivity contribution >= 4 is 38.7 Å². The predicted octanol–water partition coefficient (Wildman–Crippen LogP) is 3.94. The van der Waals surface area contributed by atoms with Crippen molar-refractivity contribution in [3.63, 3.8) is 0 Å². The van der Waals surface area contributed by atoms with E-state index < -0.39 is 15.1 Å². The molecule has 1 N–H and O–H groups in total. The smallest absolute Gasteiger partial charge is 0.251 e. The number of furan rings is 1. The Kier molecular flexibility index (Phi) is 5.27. The first kappa shape index (κ1) is 17.7. The molecule has 1 aromatic carbocycles. The van der Waals surface area contributed by atoms with Gasteiger partial charge in [0.05, 0.1) is 6.26 Å². The quantitative estimate of drug-likeness (QED) is 0.685. The Morgan fingerprint density at radius 3 is 2.52 bits per heavy atom. The van der Waals surface area contributed by atoms with Crippen LogP contribution >= 0.6 is 22.9 Å². The maximum Gasteiger partial charge on any atom is 0.251 e. The minimum atomic E-state index is -3.68. The summed E-state index contributed by atoms with van der Waals surface area (Å²) in [4.78, 5) is 12.3. The van der Waals surface area contributed by atoms with Gasteiger partial charge in [0.2, 0.25) is 0 Å². The topological polar surface area (TPSA) is 76.4 Å². The fourth-order valence-corrected chi connectivity index (χ4v) is 5.21. The molecule has 0 saturated carbocycles. The number of amides is 1. The van der Waals surface area contributed by atoms with Gasteiger partial charge in [-0.3, -0.25) is 4.79 Å². The number of rotatable bonds is 6. The van der Waals surface area contributed by atoms with Gasteiger partial charge in [-0.25, -0.2) is 8.42 Å². The maximum atomic E-state index is 12.9. The minimum Gasteiger partial charge on any atom is -0.468 e. The third-order valence-electron chi connectivity index (χ3n) is 3.57. The van der Waals surface area contributed by atoms with Gasteiger partial charge in [0.25, 0.3) is 5.91 Å². The summed E-state index contributed by atoms with van der Waals surface area (Å²) in [6.07, 6.45) is 1.41. The van der Waals surface area contributed by atoms with E-state index in [2.05, 4.69) is 5.32 Å². The molecule has 8 heteroatoms. The Balaban J connectivity index is 1.82. The molecular formula is C17H14ClNO4S2. The fourth-order valence-electron chi connectivity index (χ4n) is 2.29. The highest BCUT2D eigenvalue weighted by Gasteiger charge is 2.32. The first-order valence-corrected chi connectivity index (χ1v) is 10.1. The van der Waals surface area contributed by atoms with Crippen LogP contribution in [0.5, 0.6) is 0 Å². The van der Waals surface area contributed by atoms with Crippen molar-refractivity contribution in [1.82, 2.24) is 5.32 Å². The molecule has 1 atom stereocenters. The number of benzene rings is 1. The molecule has 5 nitrogen and oxygen atoms in total. The predicted molar refractivity (Wildman–Crippen MR) is 96.7 cm³/mol. The van der Waals surface area contributed by atoms with Gasteiger partial charge in [0.15, 0.2) is 9.84 Å². The van der Waals surface area contributed by atoms with Crippen LogP contribution in [0.25, 0.3) is 0 Å². The van der Waals surface area contributed by atoms with Gasteiger partial charge in [-0.15, -0.1) is 11.3 Å². The fraction of sp³-hybridized carbons (Fsp3) is 0.118. The normalized spacial score (nSPS) is 12.7. The van der Waals surface area contributed by atoms with E-state index in [0.717, 1.165) is 11.3 Å². The molecule has 2 aromatic heterocycles. The van der Waals surface area contributed by atoms with E-state index in [1.165, 1.54) is 12.3 Å². The zero-order valence-electron chi connectivity index (χ0n) is 12.9. The van der Waals surface area contributed by atoms with Gasteiger partial charge in [0, 0.05) is 17.1 Å². The van der Waals surface area contributed by atoms with Crippen LogP contribution in [0.2, 0.25) is 5.02 Å². The van der Waals surface area contributed by atoms with Crippen molar-refractivity contribution in [1.29, 1.82) is 0 Å². The molecule has 130 valence electrons. The Morgan fingerprint density at radius 1 is 1.16 bits per heavy atom. The number of nitrogens with one attached hydrogen (secondary N) is 1. The minimum absolute atomic E-state index is 0.102. The molecule has 0 saturated heterocycles. The van der Waals surface area contributed by atoms with Crippen LogP contribution in [0, 0.1) is 0 Å². The number of hydrogen-bond acceptors (Lipinski definition) is 5. The lowest BCUT2D eigenvalue weighted by Gasteiger charge is -2.15. The van der Waals surface area contributed by atoms with E-state index in [-0.39, 0.29) is 22.4 Å².